The Morgan fingerprint density at radius 1 is 0.596 bits per heavy atom. The summed E-state index contributed by atoms with van der Waals surface area (Å²) in [5.74, 6) is 2.47. The number of para-hydroxylation sites is 1. The van der Waals surface area contributed by atoms with Gasteiger partial charge >= 0.3 is 12.4 Å². The summed E-state index contributed by atoms with van der Waals surface area (Å²) < 4.78 is 78.4. The lowest BCUT2D eigenvalue weighted by Gasteiger charge is -2.39. The summed E-state index contributed by atoms with van der Waals surface area (Å²) in [6, 6.07) is 40.1. The number of benzene rings is 5. The molecule has 274 valence electrons. The zero-order valence-corrected chi connectivity index (χ0v) is 29.9. The van der Waals surface area contributed by atoms with Crippen molar-refractivity contribution in [1.82, 2.24) is 0 Å². The number of carbonyl (C=O) groups excluding carboxylic acids is 1. The third-order valence-electron chi connectivity index (χ3n) is 7.62. The normalized spacial score (nSPS) is 12.0. The predicted octanol–water partition coefficient (Wildman–Crippen LogP) is 11.7. The number of nitrogens with one attached hydrogen (secondary N) is 1. The molecular weight excluding hydrogens is 676 g/mol. The topological polar surface area (TPSA) is 49.3 Å². The van der Waals surface area contributed by atoms with E-state index in [0.29, 0.717) is 5.56 Å². The van der Waals surface area contributed by atoms with Gasteiger partial charge in [-0.3, -0.25) is 4.79 Å². The molecule has 1 unspecified atom stereocenters. The van der Waals surface area contributed by atoms with Crippen LogP contribution in [0.4, 0.5) is 32.0 Å². The highest BCUT2D eigenvalue weighted by Gasteiger charge is 2.55. The molecule has 3 nitrogen and oxygen atoms in total. The Hall–Kier alpha value is -5.33. The smallest absolute Gasteiger partial charge is 0.368 e. The van der Waals surface area contributed by atoms with Gasteiger partial charge in [0.2, 0.25) is 5.60 Å². The molecule has 2 N–H and O–H groups in total. The van der Waals surface area contributed by atoms with Crippen molar-refractivity contribution < 1.29 is 36.2 Å². The maximum absolute atomic E-state index is 14.2. The number of aryl methyl sites for hydroxylation is 1. The number of carbonyl (C=O) groups is 1. The van der Waals surface area contributed by atoms with E-state index in [1.165, 1.54) is 50.2 Å². The second kappa shape index (κ2) is 19.3. The van der Waals surface area contributed by atoms with Crippen molar-refractivity contribution in [3.05, 3.63) is 173 Å². The second-order valence-corrected chi connectivity index (χ2v) is 10.7. The van der Waals surface area contributed by atoms with Gasteiger partial charge in [0.05, 0.1) is 0 Å². The minimum atomic E-state index is -5.01. The predicted molar refractivity (Wildman–Crippen MR) is 197 cm³/mol. The van der Waals surface area contributed by atoms with Crippen molar-refractivity contribution >= 4 is 11.5 Å². The number of halogens is 6. The number of hydrogen-bond donors (Lipinski definition) is 2. The Kier molecular flexibility index (Phi) is 15.9. The monoisotopic (exact) mass is 719 g/mol. The second-order valence-electron chi connectivity index (χ2n) is 10.7. The molecule has 5 rings (SSSR count). The largest absolute Gasteiger partial charge is 0.454 e. The summed E-state index contributed by atoms with van der Waals surface area (Å²) in [5, 5.41) is 14.3. The Balaban J connectivity index is 0.000000461. The van der Waals surface area contributed by atoms with Gasteiger partial charge in [-0.05, 0) is 42.2 Å². The molecule has 0 aliphatic carbocycles. The molecule has 9 heteroatoms. The fraction of sp³-hybridized carbons (Fsp3) is 0.233. The van der Waals surface area contributed by atoms with Crippen LogP contribution < -0.4 is 5.32 Å². The number of alkyl halides is 6. The zero-order chi connectivity index (χ0) is 39.0. The first-order chi connectivity index (χ1) is 24.8. The van der Waals surface area contributed by atoms with Crippen LogP contribution in [-0.2, 0) is 11.1 Å². The molecule has 1 atom stereocenters. The Morgan fingerprint density at radius 3 is 1.37 bits per heavy atom. The fourth-order valence-electron chi connectivity index (χ4n) is 5.34. The fourth-order valence-corrected chi connectivity index (χ4v) is 5.34. The van der Waals surface area contributed by atoms with Gasteiger partial charge < -0.3 is 10.4 Å². The first-order valence-corrected chi connectivity index (χ1v) is 16.7. The van der Waals surface area contributed by atoms with Crippen LogP contribution >= 0.6 is 0 Å². The van der Waals surface area contributed by atoms with E-state index < -0.39 is 29.3 Å². The lowest BCUT2D eigenvalue weighted by Crippen LogP contribution is -2.43. The molecule has 0 amide bonds. The van der Waals surface area contributed by atoms with Crippen molar-refractivity contribution in [3.8, 4) is 11.8 Å². The van der Waals surface area contributed by atoms with E-state index >= 15 is 0 Å². The molecule has 0 saturated heterocycles. The zero-order valence-electron chi connectivity index (χ0n) is 29.9. The number of ketones is 1. The van der Waals surface area contributed by atoms with Gasteiger partial charge in [0.1, 0.15) is 5.54 Å². The van der Waals surface area contributed by atoms with E-state index in [4.69, 9.17) is 0 Å². The van der Waals surface area contributed by atoms with Gasteiger partial charge in [0.15, 0.2) is 0 Å². The van der Waals surface area contributed by atoms with Crippen molar-refractivity contribution in [2.75, 3.05) is 5.32 Å². The van der Waals surface area contributed by atoms with E-state index in [2.05, 4.69) is 11.2 Å². The lowest BCUT2D eigenvalue weighted by molar-refractivity contribution is -0.240. The summed E-state index contributed by atoms with van der Waals surface area (Å²) in [5.41, 5.74) is -2.13. The van der Waals surface area contributed by atoms with E-state index in [9.17, 15) is 36.2 Å². The van der Waals surface area contributed by atoms with E-state index in [-0.39, 0.29) is 16.8 Å². The molecule has 5 aromatic rings. The van der Waals surface area contributed by atoms with Gasteiger partial charge in [-0.25, -0.2) is 0 Å². The van der Waals surface area contributed by atoms with Crippen LogP contribution in [0.5, 0.6) is 0 Å². The van der Waals surface area contributed by atoms with Crippen LogP contribution in [0.2, 0.25) is 0 Å². The van der Waals surface area contributed by atoms with Crippen molar-refractivity contribution in [2.45, 2.75) is 65.0 Å². The van der Waals surface area contributed by atoms with Crippen LogP contribution in [0.15, 0.2) is 140 Å². The molecule has 0 aliphatic rings. The molecule has 5 aromatic carbocycles. The number of Topliss-reactive ketones (excluding diaryl/α,β-unsaturated/α-hetero) is 1. The number of aliphatic hydroxyl groups is 1. The summed E-state index contributed by atoms with van der Waals surface area (Å²) >= 11 is 0. The Morgan fingerprint density at radius 2 is 0.981 bits per heavy atom. The minimum Gasteiger partial charge on any atom is -0.368 e. The molecule has 0 aliphatic heterocycles. The van der Waals surface area contributed by atoms with E-state index in [0.717, 1.165) is 16.7 Å². The quantitative estimate of drug-likeness (QED) is 0.0762. The third-order valence-corrected chi connectivity index (χ3v) is 7.62. The van der Waals surface area contributed by atoms with Crippen LogP contribution in [0, 0.1) is 18.8 Å². The molecule has 52 heavy (non-hydrogen) atoms. The Bertz CT molecular complexity index is 1780. The first kappa shape index (κ1) is 42.8. The van der Waals surface area contributed by atoms with E-state index in [1.54, 1.807) is 12.1 Å². The van der Waals surface area contributed by atoms with Gasteiger partial charge in [-0.1, -0.05) is 167 Å². The summed E-state index contributed by atoms with van der Waals surface area (Å²) in [6.45, 7) is 10.7. The molecule has 0 heterocycles. The summed E-state index contributed by atoms with van der Waals surface area (Å²) in [6.07, 6.45) is -9.80. The average Bonchev–Trinajstić information content (AvgIpc) is 3.16. The standard InChI is InChI=1S/C30H24F3NO.C9H7F3O.2C2H6/c1-2-22-28(35,30(31,32)33)26-20-12-13-21-27(26)34-29(23-14-6-3-7-15-23,24-16-8-4-9-17-24)25-18-10-5-11-19-25;1-6-4-2-3-5-7(6)8(13)9(10,11)12;2*1-2/h3-21,34-35H,1H3;2-5H,1H3;2*1-2H3. The van der Waals surface area contributed by atoms with Crippen LogP contribution in [-0.4, -0.2) is 23.2 Å². The third kappa shape index (κ3) is 9.92. The van der Waals surface area contributed by atoms with Crippen molar-refractivity contribution in [2.24, 2.45) is 0 Å². The molecule has 0 saturated carbocycles. The summed E-state index contributed by atoms with van der Waals surface area (Å²) in [7, 11) is 0. The molecule has 0 bridgehead atoms. The highest BCUT2D eigenvalue weighted by atomic mass is 19.4. The summed E-state index contributed by atoms with van der Waals surface area (Å²) in [4.78, 5) is 10.8. The lowest BCUT2D eigenvalue weighted by atomic mass is 9.76. The highest BCUT2D eigenvalue weighted by Crippen LogP contribution is 2.45. The van der Waals surface area contributed by atoms with Crippen LogP contribution in [0.1, 0.15) is 72.8 Å². The molecule has 0 radical (unpaired) electrons. The molecule has 0 spiro atoms. The molecule has 0 fully saturated rings. The minimum absolute atomic E-state index is 0.117. The maximum atomic E-state index is 14.2. The first-order valence-electron chi connectivity index (χ1n) is 16.7. The average molecular weight is 720 g/mol. The van der Waals surface area contributed by atoms with Gasteiger partial charge in [-0.15, -0.1) is 5.92 Å². The Labute approximate surface area is 302 Å². The van der Waals surface area contributed by atoms with Crippen LogP contribution in [0.3, 0.4) is 0 Å². The SMILES string of the molecule is CC.CC.CC#CC(O)(c1ccccc1NC(c1ccccc1)(c1ccccc1)c1ccccc1)C(F)(F)F.Cc1ccccc1C(=O)C(F)(F)F. The molecule has 0 aromatic heterocycles. The van der Waals surface area contributed by atoms with Gasteiger partial charge in [0, 0.05) is 16.8 Å². The van der Waals surface area contributed by atoms with Crippen molar-refractivity contribution in [3.63, 3.8) is 0 Å². The van der Waals surface area contributed by atoms with Gasteiger partial charge in [0.25, 0.3) is 5.78 Å². The molecular formula is C43H43F6NO2. The van der Waals surface area contributed by atoms with Crippen LogP contribution in [0.25, 0.3) is 0 Å². The number of hydrogen-bond acceptors (Lipinski definition) is 3. The van der Waals surface area contributed by atoms with E-state index in [1.807, 2.05) is 125 Å². The van der Waals surface area contributed by atoms with Crippen molar-refractivity contribution in [1.29, 1.82) is 0 Å². The number of rotatable bonds is 7. The number of anilines is 1. The highest BCUT2D eigenvalue weighted by molar-refractivity contribution is 6.01. The maximum Gasteiger partial charge on any atom is 0.454 e. The van der Waals surface area contributed by atoms with Gasteiger partial charge in [-0.2, -0.15) is 26.3 Å².